The molecule has 3 rings (SSSR count). The van der Waals surface area contributed by atoms with E-state index in [1.165, 1.54) is 0 Å². The monoisotopic (exact) mass is 591 g/mol. The molecule has 3 aromatic carbocycles. The highest BCUT2D eigenvalue weighted by atomic mass is 32.3. The summed E-state index contributed by atoms with van der Waals surface area (Å²) >= 11 is 0. The molecule has 0 aromatic heterocycles. The maximum atomic E-state index is 12.8. The van der Waals surface area contributed by atoms with Gasteiger partial charge in [-0.15, -0.1) is 0 Å². The number of hydrogen-bond donors (Lipinski definition) is 0. The zero-order chi connectivity index (χ0) is 29.8. The molecular weight excluding hydrogens is 556 g/mol. The molecule has 0 fully saturated rings. The van der Waals surface area contributed by atoms with Crippen molar-refractivity contribution in [1.82, 2.24) is 0 Å². The van der Waals surface area contributed by atoms with Gasteiger partial charge in [0, 0.05) is 12.1 Å². The van der Waals surface area contributed by atoms with E-state index in [0.717, 1.165) is 6.26 Å². The summed E-state index contributed by atoms with van der Waals surface area (Å²) in [7, 11) is -6.85. The fourth-order valence-corrected chi connectivity index (χ4v) is 8.68. The molecule has 0 aliphatic carbocycles. The van der Waals surface area contributed by atoms with Gasteiger partial charge in [0.25, 0.3) is 0 Å². The van der Waals surface area contributed by atoms with Gasteiger partial charge in [0.2, 0.25) is 0 Å². The van der Waals surface area contributed by atoms with Crippen LogP contribution in [0.4, 0.5) is 9.59 Å². The van der Waals surface area contributed by atoms with E-state index in [0.29, 0.717) is 14.7 Å². The molecule has 216 valence electrons. The Morgan fingerprint density at radius 2 is 1.02 bits per heavy atom. The third-order valence-electron chi connectivity index (χ3n) is 4.81. The molecule has 0 saturated heterocycles. The molecule has 0 radical (unpaired) electrons. The molecule has 0 atom stereocenters. The molecule has 0 bridgehead atoms. The lowest BCUT2D eigenvalue weighted by molar-refractivity contribution is 0.0192. The lowest BCUT2D eigenvalue weighted by Crippen LogP contribution is -2.26. The number of benzene rings is 3. The van der Waals surface area contributed by atoms with Crippen molar-refractivity contribution in [2.24, 2.45) is 0 Å². The van der Waals surface area contributed by atoms with Crippen molar-refractivity contribution in [2.45, 2.75) is 67.4 Å². The second-order valence-electron chi connectivity index (χ2n) is 10.8. The normalized spacial score (nSPS) is 12.8. The van der Waals surface area contributed by atoms with E-state index in [4.69, 9.17) is 18.9 Å². The fourth-order valence-electron chi connectivity index (χ4n) is 3.53. The average molecular weight is 592 g/mol. The highest BCUT2D eigenvalue weighted by Gasteiger charge is 2.42. The quantitative estimate of drug-likeness (QED) is 0.119. The first-order valence-corrected chi connectivity index (χ1v) is 15.8. The van der Waals surface area contributed by atoms with Crippen molar-refractivity contribution >= 4 is 32.7 Å². The summed E-state index contributed by atoms with van der Waals surface area (Å²) in [5.41, 5.74) is -1.54. The van der Waals surface area contributed by atoms with E-state index in [-0.39, 0.29) is 11.5 Å². The van der Waals surface area contributed by atoms with Gasteiger partial charge in [0.1, 0.15) is 29.0 Å². The van der Waals surface area contributed by atoms with Crippen LogP contribution in [0.3, 0.4) is 0 Å². The highest BCUT2D eigenvalue weighted by molar-refractivity contribution is 8.32. The van der Waals surface area contributed by atoms with Crippen molar-refractivity contribution in [3.63, 3.8) is 0 Å². The van der Waals surface area contributed by atoms with Crippen molar-refractivity contribution in [3.05, 3.63) is 78.9 Å². The summed E-state index contributed by atoms with van der Waals surface area (Å²) < 4.78 is 51.5. The maximum absolute atomic E-state index is 12.8. The van der Waals surface area contributed by atoms with E-state index in [9.17, 15) is 18.0 Å². The van der Waals surface area contributed by atoms with Crippen molar-refractivity contribution in [1.29, 1.82) is 0 Å². The van der Waals surface area contributed by atoms with Crippen LogP contribution in [0, 0.1) is 0 Å². The minimum Gasteiger partial charge on any atom is -0.428 e. The van der Waals surface area contributed by atoms with Gasteiger partial charge in [0.15, 0.2) is 0 Å². The second-order valence-corrected chi connectivity index (χ2v) is 15.4. The molecule has 11 heteroatoms. The molecule has 9 nitrogen and oxygen atoms in total. The summed E-state index contributed by atoms with van der Waals surface area (Å²) in [5.74, 6) is 0.286. The van der Waals surface area contributed by atoms with Crippen LogP contribution in [-0.2, 0) is 19.6 Å². The van der Waals surface area contributed by atoms with Crippen LogP contribution in [0.1, 0.15) is 41.5 Å². The van der Waals surface area contributed by atoms with Gasteiger partial charge in [0.05, 0.1) is 25.0 Å². The molecule has 0 spiro atoms. The first-order valence-electron chi connectivity index (χ1n) is 12.3. The predicted octanol–water partition coefficient (Wildman–Crippen LogP) is 7.56. The molecule has 0 saturated carbocycles. The van der Waals surface area contributed by atoms with E-state index in [1.54, 1.807) is 120 Å². The minimum absolute atomic E-state index is 0.143. The Kier molecular flexibility index (Phi) is 9.23. The third-order valence-corrected chi connectivity index (χ3v) is 9.61. The van der Waals surface area contributed by atoms with Crippen LogP contribution in [0.2, 0.25) is 0 Å². The summed E-state index contributed by atoms with van der Waals surface area (Å²) in [6.45, 7) is 10.3. The van der Waals surface area contributed by atoms with Gasteiger partial charge in [-0.2, -0.15) is 8.42 Å². The molecule has 0 unspecified atom stereocenters. The smallest absolute Gasteiger partial charge is 0.428 e. The van der Waals surface area contributed by atoms with E-state index >= 15 is 0 Å². The van der Waals surface area contributed by atoms with Crippen LogP contribution < -0.4 is 9.47 Å². The Labute approximate surface area is 237 Å². The fraction of sp³-hybridized carbons (Fsp3) is 0.310. The number of carbonyl (C=O) groups excluding carboxylic acids is 2. The van der Waals surface area contributed by atoms with Gasteiger partial charge in [-0.3, -0.25) is 3.63 Å². The van der Waals surface area contributed by atoms with Crippen LogP contribution in [0.15, 0.2) is 93.5 Å². The standard InChI is InChI=1S/C29H34O9S2/c1-28(2,3)36-26(30)34-21-13-11-17-24(19-21)40(38-39(7,32)33,23-15-9-8-10-16-23)25-18-12-14-22(20-25)35-27(31)37-29(4,5)6/h8-20H,1-7H3/p+1. The zero-order valence-corrected chi connectivity index (χ0v) is 25.2. The van der Waals surface area contributed by atoms with Crippen LogP contribution in [-0.4, -0.2) is 41.8 Å². The molecule has 0 heterocycles. The van der Waals surface area contributed by atoms with Crippen LogP contribution >= 0.6 is 10.3 Å². The van der Waals surface area contributed by atoms with Crippen LogP contribution in [0.5, 0.6) is 11.5 Å². The van der Waals surface area contributed by atoms with Crippen molar-refractivity contribution in [3.8, 4) is 11.5 Å². The minimum atomic E-state index is -3.95. The molecule has 0 amide bonds. The molecule has 40 heavy (non-hydrogen) atoms. The second kappa shape index (κ2) is 11.9. The zero-order valence-electron chi connectivity index (χ0n) is 23.5. The van der Waals surface area contributed by atoms with E-state index < -0.39 is 43.9 Å². The van der Waals surface area contributed by atoms with Crippen molar-refractivity contribution < 1.29 is 40.6 Å². The SMILES string of the molecule is CC(C)(C)OC(=O)Oc1cccc(S([OH+]S(C)(=O)=O)(c2ccccc2)c2cccc(OC(=O)OC(C)(C)C)c2)c1. The van der Waals surface area contributed by atoms with E-state index in [1.807, 2.05) is 0 Å². The summed E-state index contributed by atoms with van der Waals surface area (Å²) in [6, 6.07) is 21.8. The number of hydrogen-bond acceptors (Lipinski definition) is 8. The Morgan fingerprint density at radius 1 is 0.625 bits per heavy atom. The molecule has 0 aliphatic rings. The Balaban J connectivity index is 2.20. The number of ether oxygens (including phenoxy) is 4. The maximum Gasteiger partial charge on any atom is 0.514 e. The van der Waals surface area contributed by atoms with Gasteiger partial charge in [-0.25, -0.2) is 9.59 Å². The Bertz CT molecular complexity index is 1380. The number of carbonyl (C=O) groups is 2. The lowest BCUT2D eigenvalue weighted by atomic mass is 10.2. The summed E-state index contributed by atoms with van der Waals surface area (Å²) in [6.07, 6.45) is -0.796. The Hall–Kier alpha value is -3.54. The first-order chi connectivity index (χ1) is 18.5. The van der Waals surface area contributed by atoms with Gasteiger partial charge < -0.3 is 18.9 Å². The summed E-state index contributed by atoms with van der Waals surface area (Å²) in [4.78, 5) is 26.3. The van der Waals surface area contributed by atoms with E-state index in [2.05, 4.69) is 3.63 Å². The first kappa shape index (κ1) is 31.0. The van der Waals surface area contributed by atoms with Gasteiger partial charge in [-0.1, -0.05) is 30.3 Å². The molecule has 0 aliphatic heterocycles. The van der Waals surface area contributed by atoms with Crippen LogP contribution in [0.25, 0.3) is 0 Å². The predicted molar refractivity (Wildman–Crippen MR) is 153 cm³/mol. The summed E-state index contributed by atoms with van der Waals surface area (Å²) in [5, 5.41) is 0. The van der Waals surface area contributed by atoms with Gasteiger partial charge in [-0.05, 0) is 77.9 Å². The third kappa shape index (κ3) is 8.73. The van der Waals surface area contributed by atoms with Gasteiger partial charge >= 0.3 is 22.4 Å². The number of rotatable bonds is 7. The Morgan fingerprint density at radius 3 is 1.40 bits per heavy atom. The largest absolute Gasteiger partial charge is 0.514 e. The molecule has 1 N–H and O–H groups in total. The molecular formula is C29H35O9S2+. The van der Waals surface area contributed by atoms with Crippen molar-refractivity contribution in [2.75, 3.05) is 6.26 Å². The highest BCUT2D eigenvalue weighted by Crippen LogP contribution is 2.68. The average Bonchev–Trinajstić information content (AvgIpc) is 2.80. The molecule has 3 aromatic rings. The lowest BCUT2D eigenvalue weighted by Gasteiger charge is -2.34. The topological polar surface area (TPSA) is 118 Å².